The molecule has 126 valence electrons. The number of hydrogen-bond acceptors (Lipinski definition) is 3. The fourth-order valence-corrected chi connectivity index (χ4v) is 4.75. The Labute approximate surface area is 135 Å². The number of aromatic nitrogens is 1. The molecule has 1 N–H and O–H groups in total. The van der Waals surface area contributed by atoms with Crippen LogP contribution in [0.25, 0.3) is 0 Å². The van der Waals surface area contributed by atoms with Crippen LogP contribution in [-0.4, -0.2) is 39.4 Å². The van der Waals surface area contributed by atoms with Crippen LogP contribution in [0.3, 0.4) is 0 Å². The molecule has 1 aliphatic carbocycles. The van der Waals surface area contributed by atoms with E-state index in [2.05, 4.69) is 0 Å². The van der Waals surface area contributed by atoms with Gasteiger partial charge >= 0.3 is 6.18 Å². The third kappa shape index (κ3) is 3.27. The first-order valence-corrected chi connectivity index (χ1v) is 8.66. The highest BCUT2D eigenvalue weighted by atomic mass is 32.2. The van der Waals surface area contributed by atoms with Crippen LogP contribution in [0.5, 0.6) is 0 Å². The summed E-state index contributed by atoms with van der Waals surface area (Å²) >= 11 is 1.84. The van der Waals surface area contributed by atoms with Crippen molar-refractivity contribution in [2.24, 2.45) is 0 Å². The van der Waals surface area contributed by atoms with E-state index >= 15 is 0 Å². The molecular formula is C15H17F3N2O2S. The molecule has 2 aliphatic rings. The first-order chi connectivity index (χ1) is 10.9. The molecular weight excluding hydrogens is 329 g/mol. The molecule has 2 heterocycles. The number of nitrogens with one attached hydrogen (secondary N) is 1. The zero-order valence-electron chi connectivity index (χ0n) is 12.4. The molecule has 8 heteroatoms. The van der Waals surface area contributed by atoms with Gasteiger partial charge in [-0.05, 0) is 25.0 Å². The summed E-state index contributed by atoms with van der Waals surface area (Å²) in [6.45, 7) is 0.533. The van der Waals surface area contributed by atoms with E-state index in [9.17, 15) is 22.8 Å². The summed E-state index contributed by atoms with van der Waals surface area (Å²) in [4.78, 5) is 28.0. The van der Waals surface area contributed by atoms with Crippen LogP contribution in [0, 0.1) is 0 Å². The number of H-pyrrole nitrogens is 1. The normalized spacial score (nSPS) is 25.1. The molecule has 0 aromatic carbocycles. The molecule has 4 nitrogen and oxygen atoms in total. The number of alkyl halides is 3. The van der Waals surface area contributed by atoms with Gasteiger partial charge in [-0.1, -0.05) is 12.8 Å². The molecule has 1 aromatic rings. The van der Waals surface area contributed by atoms with Crippen molar-refractivity contribution in [3.05, 3.63) is 33.7 Å². The van der Waals surface area contributed by atoms with Crippen LogP contribution >= 0.6 is 11.8 Å². The third-order valence-electron chi connectivity index (χ3n) is 4.44. The van der Waals surface area contributed by atoms with Crippen molar-refractivity contribution in [3.8, 4) is 0 Å². The number of hydrogen-bond donors (Lipinski definition) is 1. The van der Waals surface area contributed by atoms with E-state index in [0.717, 1.165) is 43.6 Å². The molecule has 1 saturated heterocycles. The second kappa shape index (κ2) is 6.22. The van der Waals surface area contributed by atoms with E-state index in [0.29, 0.717) is 11.8 Å². The smallest absolute Gasteiger partial charge is 0.334 e. The molecule has 2 atom stereocenters. The van der Waals surface area contributed by atoms with Crippen LogP contribution in [0.2, 0.25) is 0 Å². The van der Waals surface area contributed by atoms with Gasteiger partial charge in [0.1, 0.15) is 11.3 Å². The second-order valence-electron chi connectivity index (χ2n) is 5.87. The monoisotopic (exact) mass is 346 g/mol. The predicted octanol–water partition coefficient (Wildman–Crippen LogP) is 2.89. The Morgan fingerprint density at radius 1 is 1.26 bits per heavy atom. The number of amides is 1. The molecule has 23 heavy (non-hydrogen) atoms. The fraction of sp³-hybridized carbons (Fsp3) is 0.600. The second-order valence-corrected chi connectivity index (χ2v) is 7.22. The Morgan fingerprint density at radius 2 is 2.00 bits per heavy atom. The molecule has 2 fully saturated rings. The molecule has 0 bridgehead atoms. The van der Waals surface area contributed by atoms with Gasteiger partial charge in [-0.15, -0.1) is 0 Å². The Bertz CT molecular complexity index is 657. The summed E-state index contributed by atoms with van der Waals surface area (Å²) in [5.41, 5.74) is -2.33. The maximum atomic E-state index is 12.7. The van der Waals surface area contributed by atoms with Gasteiger partial charge in [0.2, 0.25) is 0 Å². The Balaban J connectivity index is 1.86. The third-order valence-corrected chi connectivity index (χ3v) is 5.83. The number of aromatic amines is 1. The van der Waals surface area contributed by atoms with Gasteiger partial charge in [0.15, 0.2) is 0 Å². The molecule has 3 rings (SSSR count). The van der Waals surface area contributed by atoms with Gasteiger partial charge in [0, 0.05) is 23.6 Å². The minimum absolute atomic E-state index is 0.0803. The number of carbonyl (C=O) groups is 1. The Hall–Kier alpha value is -1.44. The number of fused-ring (bicyclic) bond motifs is 1. The van der Waals surface area contributed by atoms with E-state index in [1.54, 1.807) is 9.88 Å². The zero-order valence-corrected chi connectivity index (χ0v) is 13.2. The van der Waals surface area contributed by atoms with Crippen LogP contribution in [-0.2, 0) is 6.18 Å². The number of rotatable bonds is 1. The quantitative estimate of drug-likeness (QED) is 0.851. The number of pyridine rings is 1. The van der Waals surface area contributed by atoms with E-state index < -0.39 is 23.3 Å². The maximum Gasteiger partial charge on any atom is 0.431 e. The molecule has 0 spiro atoms. The van der Waals surface area contributed by atoms with E-state index in [1.807, 2.05) is 11.8 Å². The molecule has 1 saturated carbocycles. The van der Waals surface area contributed by atoms with Crippen molar-refractivity contribution in [1.29, 1.82) is 0 Å². The number of carbonyl (C=O) groups excluding carboxylic acids is 1. The zero-order chi connectivity index (χ0) is 16.6. The Kier molecular flexibility index (Phi) is 4.44. The molecule has 1 amide bonds. The lowest BCUT2D eigenvalue weighted by Crippen LogP contribution is -2.52. The van der Waals surface area contributed by atoms with Gasteiger partial charge in [-0.25, -0.2) is 0 Å². The van der Waals surface area contributed by atoms with Crippen molar-refractivity contribution in [2.75, 3.05) is 12.3 Å². The first-order valence-electron chi connectivity index (χ1n) is 7.61. The minimum Gasteiger partial charge on any atom is -0.334 e. The lowest BCUT2D eigenvalue weighted by atomic mass is 9.93. The summed E-state index contributed by atoms with van der Waals surface area (Å²) in [5.74, 6) is 0.336. The van der Waals surface area contributed by atoms with E-state index in [1.165, 1.54) is 0 Å². The summed E-state index contributed by atoms with van der Waals surface area (Å²) in [5, 5.41) is 0.370. The average molecular weight is 346 g/mol. The van der Waals surface area contributed by atoms with Gasteiger partial charge in [0.05, 0.1) is 0 Å². The summed E-state index contributed by atoms with van der Waals surface area (Å²) < 4.78 is 37.8. The lowest BCUT2D eigenvalue weighted by Gasteiger charge is -2.43. The van der Waals surface area contributed by atoms with E-state index in [4.69, 9.17) is 0 Å². The predicted molar refractivity (Wildman–Crippen MR) is 81.6 cm³/mol. The van der Waals surface area contributed by atoms with Crippen molar-refractivity contribution in [3.63, 3.8) is 0 Å². The highest BCUT2D eigenvalue weighted by Gasteiger charge is 2.38. The summed E-state index contributed by atoms with van der Waals surface area (Å²) in [6, 6.07) is 1.83. The van der Waals surface area contributed by atoms with Crippen LogP contribution < -0.4 is 5.56 Å². The van der Waals surface area contributed by atoms with Gasteiger partial charge in [-0.2, -0.15) is 24.9 Å². The first kappa shape index (κ1) is 16.4. The maximum absolute atomic E-state index is 12.7. The summed E-state index contributed by atoms with van der Waals surface area (Å²) in [7, 11) is 0. The van der Waals surface area contributed by atoms with Crippen molar-refractivity contribution in [1.82, 2.24) is 9.88 Å². The number of thioether (sulfide) groups is 1. The number of halogens is 3. The van der Waals surface area contributed by atoms with Crippen LogP contribution in [0.4, 0.5) is 13.2 Å². The highest BCUT2D eigenvalue weighted by molar-refractivity contribution is 8.00. The fourth-order valence-electron chi connectivity index (χ4n) is 3.31. The van der Waals surface area contributed by atoms with Crippen molar-refractivity contribution < 1.29 is 18.0 Å². The van der Waals surface area contributed by atoms with Gasteiger partial charge in [-0.3, -0.25) is 9.59 Å². The lowest BCUT2D eigenvalue weighted by molar-refractivity contribution is -0.141. The molecule has 0 radical (unpaired) electrons. The molecule has 0 unspecified atom stereocenters. The minimum atomic E-state index is -4.63. The summed E-state index contributed by atoms with van der Waals surface area (Å²) in [6.07, 6.45) is -0.521. The standard InChI is InChI=1S/C15H17F3N2O2S/c16-15(17,18)12-6-5-9(13(21)19-12)14(22)20-7-8-23-11-4-2-1-3-10(11)20/h5-6,10-11H,1-4,7-8H2,(H,19,21)/t10-,11-/m0/s1. The topological polar surface area (TPSA) is 53.2 Å². The van der Waals surface area contributed by atoms with Crippen LogP contribution in [0.15, 0.2) is 16.9 Å². The largest absolute Gasteiger partial charge is 0.431 e. The van der Waals surface area contributed by atoms with Crippen LogP contribution in [0.1, 0.15) is 41.7 Å². The van der Waals surface area contributed by atoms with Gasteiger partial charge < -0.3 is 9.88 Å². The van der Waals surface area contributed by atoms with Crippen molar-refractivity contribution in [2.45, 2.75) is 43.2 Å². The van der Waals surface area contributed by atoms with Crippen molar-refractivity contribution >= 4 is 17.7 Å². The van der Waals surface area contributed by atoms with Gasteiger partial charge in [0.25, 0.3) is 11.5 Å². The molecule has 1 aliphatic heterocycles. The van der Waals surface area contributed by atoms with E-state index in [-0.39, 0.29) is 11.6 Å². The Morgan fingerprint density at radius 3 is 2.70 bits per heavy atom. The average Bonchev–Trinajstić information content (AvgIpc) is 2.53. The molecule has 1 aromatic heterocycles. The highest BCUT2D eigenvalue weighted by Crippen LogP contribution is 2.36. The SMILES string of the molecule is O=C(c1ccc(C(F)(F)F)[nH]c1=O)N1CCS[C@H]2CCCC[C@@H]21. The number of nitrogens with zero attached hydrogens (tertiary/aromatic N) is 1.